The van der Waals surface area contributed by atoms with Gasteiger partial charge in [-0.1, -0.05) is 78.0 Å². The van der Waals surface area contributed by atoms with E-state index in [1.54, 1.807) is 24.7 Å². The predicted octanol–water partition coefficient (Wildman–Crippen LogP) is 5.83. The fraction of sp³-hybridized carbons (Fsp3) is 0.769. The highest BCUT2D eigenvalue weighted by atomic mass is 127. The van der Waals surface area contributed by atoms with Crippen molar-refractivity contribution >= 4 is 62.2 Å². The number of nitrogens with zero attached hydrogens (tertiary/aromatic N) is 3. The van der Waals surface area contributed by atoms with Crippen LogP contribution in [-0.4, -0.2) is 64.8 Å². The van der Waals surface area contributed by atoms with Crippen LogP contribution in [0.3, 0.4) is 0 Å². The van der Waals surface area contributed by atoms with Crippen molar-refractivity contribution in [2.75, 3.05) is 11.9 Å². The quantitative estimate of drug-likeness (QED) is 0.203. The molecule has 10 nitrogen and oxygen atoms in total. The highest BCUT2D eigenvalue weighted by Gasteiger charge is 2.51. The van der Waals surface area contributed by atoms with Gasteiger partial charge in [0.1, 0.15) is 6.10 Å². The zero-order valence-electron chi connectivity index (χ0n) is 25.4. The van der Waals surface area contributed by atoms with Crippen molar-refractivity contribution < 1.29 is 18.4 Å². The number of anilines is 1. The fourth-order valence-electron chi connectivity index (χ4n) is 3.64. The molecule has 39 heavy (non-hydrogen) atoms. The molecule has 2 N–H and O–H groups in total. The Morgan fingerprint density at radius 1 is 1.15 bits per heavy atom. The van der Waals surface area contributed by atoms with Gasteiger partial charge in [0.25, 0.3) is 5.56 Å². The third-order valence-electron chi connectivity index (χ3n) is 8.39. The second-order valence-corrected chi connectivity index (χ2v) is 24.8. The van der Waals surface area contributed by atoms with E-state index in [0.29, 0.717) is 12.3 Å². The molecule has 3 rings (SSSR count). The number of hydrogen-bond donors (Lipinski definition) is 2. The minimum atomic E-state index is -2.20. The van der Waals surface area contributed by atoms with E-state index in [1.165, 1.54) is 0 Å². The first-order valence-electron chi connectivity index (χ1n) is 13.6. The lowest BCUT2D eigenvalue weighted by atomic mass is 10.2. The summed E-state index contributed by atoms with van der Waals surface area (Å²) < 4.78 is 22.0. The molecule has 2 aromatic heterocycles. The van der Waals surface area contributed by atoms with Gasteiger partial charge in [-0.05, 0) is 36.3 Å². The van der Waals surface area contributed by atoms with E-state index in [-0.39, 0.29) is 49.5 Å². The van der Waals surface area contributed by atoms with Gasteiger partial charge in [-0.25, -0.2) is 4.98 Å². The fourth-order valence-corrected chi connectivity index (χ4v) is 7.10. The van der Waals surface area contributed by atoms with Crippen LogP contribution in [0.5, 0.6) is 0 Å². The summed E-state index contributed by atoms with van der Waals surface area (Å²) in [5.41, 5.74) is 0.0842. The molecule has 1 saturated heterocycles. The molecule has 0 aliphatic carbocycles. The first-order valence-corrected chi connectivity index (χ1v) is 20.6. The summed E-state index contributed by atoms with van der Waals surface area (Å²) in [7, 11) is -4.21. The summed E-state index contributed by atoms with van der Waals surface area (Å²) in [5, 5.41) is 2.76. The number of hydrogen-bond acceptors (Lipinski definition) is 7. The van der Waals surface area contributed by atoms with E-state index in [2.05, 4.69) is 111 Å². The van der Waals surface area contributed by atoms with Crippen LogP contribution >= 0.6 is 22.6 Å². The van der Waals surface area contributed by atoms with Gasteiger partial charge >= 0.3 is 0 Å². The molecule has 0 radical (unpaired) electrons. The average molecular weight is 692 g/mol. The zero-order chi connectivity index (χ0) is 29.7. The first-order chi connectivity index (χ1) is 17.7. The maximum Gasteiger partial charge on any atom is 0.280 e. The van der Waals surface area contributed by atoms with Gasteiger partial charge in [-0.2, -0.15) is 4.98 Å². The number of amides is 1. The number of carbonyl (C=O) groups is 1. The topological polar surface area (TPSA) is 120 Å². The lowest BCUT2D eigenvalue weighted by Gasteiger charge is -2.40. The predicted molar refractivity (Wildman–Crippen MR) is 169 cm³/mol. The molecule has 0 spiro atoms. The van der Waals surface area contributed by atoms with Crippen molar-refractivity contribution in [3.05, 3.63) is 16.7 Å². The molecule has 220 valence electrons. The van der Waals surface area contributed by atoms with Gasteiger partial charge in [0.15, 0.2) is 34.0 Å². The summed E-state index contributed by atoms with van der Waals surface area (Å²) >= 11 is 2.43. The first kappa shape index (κ1) is 32.4. The summed E-state index contributed by atoms with van der Waals surface area (Å²) in [6, 6.07) is 0. The van der Waals surface area contributed by atoms with E-state index in [1.807, 2.05) is 0 Å². The maximum absolute atomic E-state index is 12.9. The third kappa shape index (κ3) is 6.85. The van der Waals surface area contributed by atoms with E-state index >= 15 is 0 Å². The monoisotopic (exact) mass is 691 g/mol. The molecule has 1 aliphatic heterocycles. The molecule has 0 bridgehead atoms. The number of carbonyl (C=O) groups excluding carboxylic acids is 1. The van der Waals surface area contributed by atoms with Gasteiger partial charge in [0, 0.05) is 5.92 Å². The summed E-state index contributed by atoms with van der Waals surface area (Å²) in [6.07, 6.45) is 0.474. The van der Waals surface area contributed by atoms with Crippen LogP contribution in [0.25, 0.3) is 11.2 Å². The van der Waals surface area contributed by atoms with Gasteiger partial charge in [-0.15, -0.1) is 0 Å². The highest BCUT2D eigenvalue weighted by molar-refractivity contribution is 14.1. The lowest BCUT2D eigenvalue weighted by Crippen LogP contribution is -2.48. The van der Waals surface area contributed by atoms with E-state index in [4.69, 9.17) is 13.6 Å². The molecule has 13 heteroatoms. The van der Waals surface area contributed by atoms with Gasteiger partial charge in [0.05, 0.1) is 23.0 Å². The normalized spacial score (nSPS) is 23.1. The smallest absolute Gasteiger partial charge is 0.280 e. The molecule has 2 unspecified atom stereocenters. The number of rotatable bonds is 8. The van der Waals surface area contributed by atoms with Crippen LogP contribution in [0.15, 0.2) is 11.1 Å². The number of fused-ring (bicyclic) bond motifs is 1. The zero-order valence-corrected chi connectivity index (χ0v) is 29.6. The second kappa shape index (κ2) is 11.3. The molecule has 0 aromatic carbocycles. The number of ether oxygens (including phenoxy) is 1. The van der Waals surface area contributed by atoms with Crippen molar-refractivity contribution in [1.29, 1.82) is 0 Å². The van der Waals surface area contributed by atoms with Crippen molar-refractivity contribution in [2.45, 2.75) is 114 Å². The standard InChI is InChI=1S/C26H46IN5O5Si2/c1-15(2)21(33)30-24-29-20-18(22(34)31-24)28-14-32(20)23-19(37-39(11,12)26(6,7)8)17(27)16(36-23)13-35-38(9,10)25(3,4)5/h14-17,19,23H,13H2,1-12H3,(H2,29,30,31,33,34)/t16-,17+,19?,23?/m1/s1. The Morgan fingerprint density at radius 2 is 1.74 bits per heavy atom. The average Bonchev–Trinajstić information content (AvgIpc) is 3.32. The summed E-state index contributed by atoms with van der Waals surface area (Å²) in [4.78, 5) is 36.7. The Bertz CT molecular complexity index is 1250. The van der Waals surface area contributed by atoms with Crippen LogP contribution in [0, 0.1) is 5.92 Å². The number of imidazole rings is 1. The number of H-pyrrole nitrogens is 1. The number of aromatic nitrogens is 4. The Hall–Kier alpha value is -1.14. The van der Waals surface area contributed by atoms with E-state index in [9.17, 15) is 9.59 Å². The highest BCUT2D eigenvalue weighted by Crippen LogP contribution is 2.45. The minimum absolute atomic E-state index is 0.00828. The van der Waals surface area contributed by atoms with Crippen LogP contribution in [0.4, 0.5) is 5.95 Å². The summed E-state index contributed by atoms with van der Waals surface area (Å²) in [5.74, 6) is -0.426. The van der Waals surface area contributed by atoms with Crippen LogP contribution in [0.2, 0.25) is 36.3 Å². The van der Waals surface area contributed by atoms with Crippen molar-refractivity contribution in [3.63, 3.8) is 0 Å². The van der Waals surface area contributed by atoms with Gasteiger partial charge < -0.3 is 13.6 Å². The van der Waals surface area contributed by atoms with Crippen molar-refractivity contribution in [2.24, 2.45) is 5.92 Å². The molecule has 1 amide bonds. The van der Waals surface area contributed by atoms with E-state index in [0.717, 1.165) is 0 Å². The number of aromatic amines is 1. The van der Waals surface area contributed by atoms with Crippen LogP contribution < -0.4 is 10.9 Å². The van der Waals surface area contributed by atoms with Gasteiger partial charge in [-0.3, -0.25) is 24.5 Å². The molecular weight excluding hydrogens is 645 g/mol. The molecule has 4 atom stereocenters. The molecule has 1 fully saturated rings. The molecule has 1 aliphatic rings. The summed E-state index contributed by atoms with van der Waals surface area (Å²) in [6.45, 7) is 26.2. The molecule has 2 aromatic rings. The molecule has 0 saturated carbocycles. The van der Waals surface area contributed by atoms with Crippen LogP contribution in [-0.2, 0) is 18.4 Å². The lowest BCUT2D eigenvalue weighted by molar-refractivity contribution is -0.118. The molecule has 3 heterocycles. The van der Waals surface area contributed by atoms with Crippen molar-refractivity contribution in [1.82, 2.24) is 19.5 Å². The third-order valence-corrected chi connectivity index (χ3v) is 18.9. The maximum atomic E-state index is 12.9. The number of nitrogens with one attached hydrogen (secondary N) is 2. The molecular formula is C26H46IN5O5Si2. The minimum Gasteiger partial charge on any atom is -0.414 e. The van der Waals surface area contributed by atoms with Crippen molar-refractivity contribution in [3.8, 4) is 0 Å². The Labute approximate surface area is 247 Å². The van der Waals surface area contributed by atoms with Gasteiger partial charge in [0.2, 0.25) is 11.9 Å². The Balaban J connectivity index is 2.03. The SMILES string of the molecule is CC(C)C(=O)Nc1nc2c(ncn2C2O[C@H](CO[Si](C)(C)C(C)(C)C)[C@H](I)C2O[Si](C)(C)C(C)(C)C)c(=O)[nH]1. The Morgan fingerprint density at radius 3 is 2.28 bits per heavy atom. The Kier molecular flexibility index (Phi) is 9.36. The number of alkyl halides is 1. The second-order valence-electron chi connectivity index (χ2n) is 13.8. The van der Waals surface area contributed by atoms with E-state index < -0.39 is 28.4 Å². The van der Waals surface area contributed by atoms with Crippen LogP contribution in [0.1, 0.15) is 61.6 Å². The largest absolute Gasteiger partial charge is 0.414 e. The number of halogens is 1.